The van der Waals surface area contributed by atoms with E-state index in [4.69, 9.17) is 10.5 Å². The molecular formula is C16H19NO. The molecule has 0 saturated carbocycles. The topological polar surface area (TPSA) is 35.2 Å². The van der Waals surface area contributed by atoms with E-state index in [1.54, 1.807) is 7.11 Å². The normalized spacial score (nSPS) is 14.2. The Morgan fingerprint density at radius 1 is 0.889 bits per heavy atom. The minimum Gasteiger partial charge on any atom is -0.375 e. The van der Waals surface area contributed by atoms with Crippen molar-refractivity contribution in [3.8, 4) is 0 Å². The Morgan fingerprint density at radius 3 is 2.06 bits per heavy atom. The lowest BCUT2D eigenvalue weighted by Crippen LogP contribution is -2.21. The van der Waals surface area contributed by atoms with Gasteiger partial charge in [0, 0.05) is 7.11 Å². The molecule has 2 N–H and O–H groups in total. The Kier molecular flexibility index (Phi) is 4.13. The van der Waals surface area contributed by atoms with Crippen LogP contribution in [0.25, 0.3) is 0 Å². The third kappa shape index (κ3) is 2.78. The van der Waals surface area contributed by atoms with Crippen LogP contribution in [-0.2, 0) is 4.74 Å². The second kappa shape index (κ2) is 5.80. The lowest BCUT2D eigenvalue weighted by molar-refractivity contribution is 0.0802. The molecule has 2 aromatic rings. The summed E-state index contributed by atoms with van der Waals surface area (Å²) in [6.45, 7) is 2.07. The van der Waals surface area contributed by atoms with Gasteiger partial charge in [-0.05, 0) is 18.1 Å². The van der Waals surface area contributed by atoms with Gasteiger partial charge in [0.2, 0.25) is 0 Å². The zero-order valence-corrected chi connectivity index (χ0v) is 10.8. The van der Waals surface area contributed by atoms with Crippen molar-refractivity contribution in [3.05, 3.63) is 71.3 Å². The second-order valence-corrected chi connectivity index (χ2v) is 4.50. The SMILES string of the molecule is COC(c1ccc(C)cc1)C(N)c1ccccc1. The zero-order valence-electron chi connectivity index (χ0n) is 10.8. The minimum absolute atomic E-state index is 0.118. The van der Waals surface area contributed by atoms with E-state index in [9.17, 15) is 0 Å². The van der Waals surface area contributed by atoms with Crippen molar-refractivity contribution in [2.24, 2.45) is 5.73 Å². The molecule has 0 heterocycles. The molecule has 0 spiro atoms. The van der Waals surface area contributed by atoms with Gasteiger partial charge in [-0.15, -0.1) is 0 Å². The van der Waals surface area contributed by atoms with Crippen molar-refractivity contribution in [3.63, 3.8) is 0 Å². The standard InChI is InChI=1S/C16H19NO/c1-12-8-10-14(11-9-12)16(18-2)15(17)13-6-4-3-5-7-13/h3-11,15-16H,17H2,1-2H3. The molecular weight excluding hydrogens is 222 g/mol. The van der Waals surface area contributed by atoms with Gasteiger partial charge in [0.1, 0.15) is 6.10 Å². The summed E-state index contributed by atoms with van der Waals surface area (Å²) >= 11 is 0. The Morgan fingerprint density at radius 2 is 1.50 bits per heavy atom. The number of benzene rings is 2. The first-order chi connectivity index (χ1) is 8.72. The van der Waals surface area contributed by atoms with Crippen molar-refractivity contribution in [2.75, 3.05) is 7.11 Å². The lowest BCUT2D eigenvalue weighted by Gasteiger charge is -2.23. The van der Waals surface area contributed by atoms with E-state index in [1.165, 1.54) is 5.56 Å². The maximum atomic E-state index is 6.29. The molecule has 2 aromatic carbocycles. The largest absolute Gasteiger partial charge is 0.375 e. The Hall–Kier alpha value is -1.64. The Labute approximate surface area is 108 Å². The summed E-state index contributed by atoms with van der Waals surface area (Å²) in [6, 6.07) is 18.2. The number of hydrogen-bond donors (Lipinski definition) is 1. The molecule has 94 valence electrons. The van der Waals surface area contributed by atoms with Crippen LogP contribution in [0.5, 0.6) is 0 Å². The first-order valence-electron chi connectivity index (χ1n) is 6.12. The number of hydrogen-bond acceptors (Lipinski definition) is 2. The molecule has 0 amide bonds. The van der Waals surface area contributed by atoms with Crippen LogP contribution in [0.1, 0.15) is 28.8 Å². The highest BCUT2D eigenvalue weighted by Crippen LogP contribution is 2.29. The molecule has 0 bridgehead atoms. The Bertz CT molecular complexity index is 478. The Balaban J connectivity index is 2.26. The van der Waals surface area contributed by atoms with Gasteiger partial charge in [-0.2, -0.15) is 0 Å². The number of aryl methyl sites for hydroxylation is 1. The molecule has 0 aliphatic rings. The van der Waals surface area contributed by atoms with Crippen molar-refractivity contribution in [1.29, 1.82) is 0 Å². The van der Waals surface area contributed by atoms with Gasteiger partial charge in [-0.1, -0.05) is 60.2 Å². The van der Waals surface area contributed by atoms with Crippen molar-refractivity contribution >= 4 is 0 Å². The lowest BCUT2D eigenvalue weighted by atomic mass is 9.96. The number of ether oxygens (including phenoxy) is 1. The van der Waals surface area contributed by atoms with E-state index in [-0.39, 0.29) is 12.1 Å². The summed E-state index contributed by atoms with van der Waals surface area (Å²) in [7, 11) is 1.70. The average Bonchev–Trinajstić information content (AvgIpc) is 2.42. The molecule has 2 rings (SSSR count). The molecule has 0 aliphatic heterocycles. The molecule has 0 fully saturated rings. The van der Waals surface area contributed by atoms with Gasteiger partial charge in [0.15, 0.2) is 0 Å². The summed E-state index contributed by atoms with van der Waals surface area (Å²) < 4.78 is 5.57. The highest BCUT2D eigenvalue weighted by Gasteiger charge is 2.20. The highest BCUT2D eigenvalue weighted by molar-refractivity contribution is 5.28. The predicted molar refractivity (Wildman–Crippen MR) is 74.3 cm³/mol. The molecule has 18 heavy (non-hydrogen) atoms. The molecule has 2 nitrogen and oxygen atoms in total. The number of rotatable bonds is 4. The smallest absolute Gasteiger partial charge is 0.101 e. The summed E-state index contributed by atoms with van der Waals surface area (Å²) in [5, 5.41) is 0. The zero-order chi connectivity index (χ0) is 13.0. The van der Waals surface area contributed by atoms with E-state index < -0.39 is 0 Å². The van der Waals surface area contributed by atoms with Gasteiger partial charge in [-0.25, -0.2) is 0 Å². The first kappa shape index (κ1) is 12.8. The van der Waals surface area contributed by atoms with Gasteiger partial charge >= 0.3 is 0 Å². The molecule has 2 heteroatoms. The monoisotopic (exact) mass is 241 g/mol. The third-order valence-electron chi connectivity index (χ3n) is 3.17. The fourth-order valence-electron chi connectivity index (χ4n) is 2.10. The average molecular weight is 241 g/mol. The van der Waals surface area contributed by atoms with E-state index >= 15 is 0 Å². The van der Waals surface area contributed by atoms with Crippen molar-refractivity contribution in [2.45, 2.75) is 19.1 Å². The van der Waals surface area contributed by atoms with Crippen LogP contribution in [0.2, 0.25) is 0 Å². The minimum atomic E-state index is -0.154. The maximum absolute atomic E-state index is 6.29. The van der Waals surface area contributed by atoms with Crippen LogP contribution in [0, 0.1) is 6.92 Å². The molecule has 2 atom stereocenters. The quantitative estimate of drug-likeness (QED) is 0.890. The fourth-order valence-corrected chi connectivity index (χ4v) is 2.10. The van der Waals surface area contributed by atoms with Crippen LogP contribution in [0.3, 0.4) is 0 Å². The van der Waals surface area contributed by atoms with Crippen molar-refractivity contribution in [1.82, 2.24) is 0 Å². The summed E-state index contributed by atoms with van der Waals surface area (Å²) in [6.07, 6.45) is -0.118. The molecule has 0 saturated heterocycles. The molecule has 0 radical (unpaired) electrons. The maximum Gasteiger partial charge on any atom is 0.101 e. The third-order valence-corrected chi connectivity index (χ3v) is 3.17. The van der Waals surface area contributed by atoms with Gasteiger partial charge in [0.05, 0.1) is 6.04 Å². The number of nitrogens with two attached hydrogens (primary N) is 1. The first-order valence-corrected chi connectivity index (χ1v) is 6.12. The van der Waals surface area contributed by atoms with E-state index in [0.717, 1.165) is 11.1 Å². The van der Waals surface area contributed by atoms with E-state index in [2.05, 4.69) is 31.2 Å². The number of methoxy groups -OCH3 is 1. The molecule has 2 unspecified atom stereocenters. The predicted octanol–water partition coefficient (Wildman–Crippen LogP) is 3.38. The summed E-state index contributed by atoms with van der Waals surface area (Å²) in [4.78, 5) is 0. The van der Waals surface area contributed by atoms with Gasteiger partial charge in [0.25, 0.3) is 0 Å². The van der Waals surface area contributed by atoms with Crippen LogP contribution in [0.4, 0.5) is 0 Å². The highest BCUT2D eigenvalue weighted by atomic mass is 16.5. The van der Waals surface area contributed by atoms with Crippen molar-refractivity contribution < 1.29 is 4.74 Å². The second-order valence-electron chi connectivity index (χ2n) is 4.50. The van der Waals surface area contributed by atoms with Gasteiger partial charge in [-0.3, -0.25) is 0 Å². The van der Waals surface area contributed by atoms with Crippen LogP contribution in [0.15, 0.2) is 54.6 Å². The van der Waals surface area contributed by atoms with E-state index in [0.29, 0.717) is 0 Å². The summed E-state index contributed by atoms with van der Waals surface area (Å²) in [5.41, 5.74) is 9.73. The van der Waals surface area contributed by atoms with Crippen LogP contribution in [-0.4, -0.2) is 7.11 Å². The summed E-state index contributed by atoms with van der Waals surface area (Å²) in [5.74, 6) is 0. The fraction of sp³-hybridized carbons (Fsp3) is 0.250. The van der Waals surface area contributed by atoms with E-state index in [1.807, 2.05) is 30.3 Å². The molecule has 0 aromatic heterocycles. The molecule has 0 aliphatic carbocycles. The van der Waals surface area contributed by atoms with Crippen LogP contribution >= 0.6 is 0 Å². The van der Waals surface area contributed by atoms with Crippen LogP contribution < -0.4 is 5.73 Å². The van der Waals surface area contributed by atoms with Gasteiger partial charge < -0.3 is 10.5 Å².